The topological polar surface area (TPSA) is 9.23 Å². The van der Waals surface area contributed by atoms with E-state index in [4.69, 9.17) is 0 Å². The van der Waals surface area contributed by atoms with E-state index >= 15 is 0 Å². The zero-order valence-corrected chi connectivity index (χ0v) is 6.06. The van der Waals surface area contributed by atoms with Gasteiger partial charge in [0.15, 0.2) is 0 Å². The lowest BCUT2D eigenvalue weighted by molar-refractivity contribution is -0.0502. The van der Waals surface area contributed by atoms with Crippen molar-refractivity contribution >= 4 is 0 Å². The highest BCUT2D eigenvalue weighted by Gasteiger charge is 2.07. The second-order valence-electron chi connectivity index (χ2n) is 2.13. The summed E-state index contributed by atoms with van der Waals surface area (Å²) in [7, 11) is 0. The molecule has 0 saturated carbocycles. The molecule has 12 heavy (non-hydrogen) atoms. The highest BCUT2D eigenvalue weighted by atomic mass is 19.3. The third-order valence-electron chi connectivity index (χ3n) is 1.25. The van der Waals surface area contributed by atoms with Crippen molar-refractivity contribution in [2.75, 3.05) is 0 Å². The van der Waals surface area contributed by atoms with Crippen molar-refractivity contribution in [2.45, 2.75) is 6.61 Å². The Kier molecular flexibility index (Phi) is 2.58. The van der Waals surface area contributed by atoms with Crippen LogP contribution in [0, 0.1) is 12.7 Å². The quantitative estimate of drug-likeness (QED) is 0.671. The van der Waals surface area contributed by atoms with Crippen LogP contribution in [0.5, 0.6) is 5.75 Å². The van der Waals surface area contributed by atoms with Gasteiger partial charge in [-0.3, -0.25) is 0 Å². The molecule has 1 aromatic rings. The average Bonchev–Trinajstić information content (AvgIpc) is 1.96. The lowest BCUT2D eigenvalue weighted by Crippen LogP contribution is -2.03. The minimum atomic E-state index is -2.95. The van der Waals surface area contributed by atoms with Crippen LogP contribution in [-0.2, 0) is 0 Å². The van der Waals surface area contributed by atoms with E-state index < -0.39 is 12.4 Å². The zero-order valence-electron chi connectivity index (χ0n) is 6.06. The monoisotopic (exact) mass is 175 g/mol. The molecular formula is C8H6F3O. The molecule has 0 unspecified atom stereocenters. The van der Waals surface area contributed by atoms with Crippen LogP contribution >= 0.6 is 0 Å². The molecule has 0 heterocycles. The Morgan fingerprint density at radius 1 is 1.33 bits per heavy atom. The number of hydrogen-bond acceptors (Lipinski definition) is 1. The Bertz CT molecular complexity index is 273. The summed E-state index contributed by atoms with van der Waals surface area (Å²) in [5.74, 6) is -0.858. The Balaban J connectivity index is 2.90. The van der Waals surface area contributed by atoms with Gasteiger partial charge in [-0.15, -0.1) is 0 Å². The average molecular weight is 175 g/mol. The molecule has 4 heteroatoms. The van der Waals surface area contributed by atoms with Gasteiger partial charge in [0.1, 0.15) is 11.6 Å². The van der Waals surface area contributed by atoms with Gasteiger partial charge < -0.3 is 4.74 Å². The maximum Gasteiger partial charge on any atom is 0.387 e. The van der Waals surface area contributed by atoms with Gasteiger partial charge in [0, 0.05) is 6.07 Å². The highest BCUT2D eigenvalue weighted by Crippen LogP contribution is 2.20. The summed E-state index contributed by atoms with van der Waals surface area (Å²) in [6.45, 7) is 0.438. The predicted octanol–water partition coefficient (Wildman–Crippen LogP) is 2.61. The van der Waals surface area contributed by atoms with Gasteiger partial charge in [0.25, 0.3) is 0 Å². The maximum absolute atomic E-state index is 12.4. The number of benzene rings is 1. The van der Waals surface area contributed by atoms with E-state index in [0.29, 0.717) is 0 Å². The molecule has 0 aromatic heterocycles. The van der Waals surface area contributed by atoms with Crippen molar-refractivity contribution in [2.24, 2.45) is 0 Å². The first-order valence-corrected chi connectivity index (χ1v) is 3.16. The number of alkyl halides is 2. The van der Waals surface area contributed by atoms with E-state index in [0.717, 1.165) is 12.1 Å². The molecule has 0 aliphatic heterocycles. The Hall–Kier alpha value is -1.19. The summed E-state index contributed by atoms with van der Waals surface area (Å²) in [4.78, 5) is 0. The van der Waals surface area contributed by atoms with Gasteiger partial charge in [-0.2, -0.15) is 8.78 Å². The van der Waals surface area contributed by atoms with Crippen LogP contribution in [0.25, 0.3) is 0 Å². The zero-order chi connectivity index (χ0) is 9.14. The molecule has 1 nitrogen and oxygen atoms in total. The van der Waals surface area contributed by atoms with E-state index in [1.165, 1.54) is 6.07 Å². The molecular weight excluding hydrogens is 169 g/mol. The first kappa shape index (κ1) is 8.90. The SMILES string of the molecule is [CH2]c1ccc(F)cc1OC(F)F. The van der Waals surface area contributed by atoms with Gasteiger partial charge in [-0.1, -0.05) is 6.07 Å². The van der Waals surface area contributed by atoms with Gasteiger partial charge in [-0.05, 0) is 18.6 Å². The fourth-order valence-corrected chi connectivity index (χ4v) is 0.734. The van der Waals surface area contributed by atoms with Crippen LogP contribution in [0.3, 0.4) is 0 Å². The number of rotatable bonds is 2. The standard InChI is InChI=1S/C8H6F3O/c1-5-2-3-6(9)4-7(5)12-8(10)11/h2-4,8H,1H2. The maximum atomic E-state index is 12.4. The fourth-order valence-electron chi connectivity index (χ4n) is 0.734. The van der Waals surface area contributed by atoms with Crippen molar-refractivity contribution < 1.29 is 17.9 Å². The van der Waals surface area contributed by atoms with Crippen LogP contribution in [0.15, 0.2) is 18.2 Å². The lowest BCUT2D eigenvalue weighted by atomic mass is 10.2. The molecule has 0 aliphatic carbocycles. The molecule has 0 atom stereocenters. The molecule has 0 amide bonds. The molecule has 0 aliphatic rings. The molecule has 0 bridgehead atoms. The summed E-state index contributed by atoms with van der Waals surface area (Å²) in [6, 6.07) is 3.27. The van der Waals surface area contributed by atoms with Gasteiger partial charge in [-0.25, -0.2) is 4.39 Å². The first-order valence-electron chi connectivity index (χ1n) is 3.16. The normalized spacial score (nSPS) is 10.4. The van der Waals surface area contributed by atoms with Crippen molar-refractivity contribution in [3.8, 4) is 5.75 Å². The van der Waals surface area contributed by atoms with E-state index in [-0.39, 0.29) is 11.3 Å². The lowest BCUT2D eigenvalue weighted by Gasteiger charge is -2.06. The summed E-state index contributed by atoms with van der Waals surface area (Å²) in [5, 5.41) is 0. The van der Waals surface area contributed by atoms with Gasteiger partial charge >= 0.3 is 6.61 Å². The second kappa shape index (κ2) is 3.47. The van der Waals surface area contributed by atoms with E-state index in [2.05, 4.69) is 11.7 Å². The summed E-state index contributed by atoms with van der Waals surface area (Å²) < 4.78 is 39.8. The molecule has 1 radical (unpaired) electrons. The highest BCUT2D eigenvalue weighted by molar-refractivity contribution is 5.35. The van der Waals surface area contributed by atoms with E-state index in [1.807, 2.05) is 0 Å². The Morgan fingerprint density at radius 3 is 2.58 bits per heavy atom. The number of halogens is 3. The van der Waals surface area contributed by atoms with E-state index in [1.54, 1.807) is 0 Å². The molecule has 0 N–H and O–H groups in total. The number of ether oxygens (including phenoxy) is 1. The predicted molar refractivity (Wildman–Crippen MR) is 37.5 cm³/mol. The van der Waals surface area contributed by atoms with Crippen LogP contribution in [-0.4, -0.2) is 6.61 Å². The van der Waals surface area contributed by atoms with Crippen LogP contribution in [0.2, 0.25) is 0 Å². The van der Waals surface area contributed by atoms with Crippen LogP contribution in [0.4, 0.5) is 13.2 Å². The third-order valence-corrected chi connectivity index (χ3v) is 1.25. The summed E-state index contributed by atoms with van der Waals surface area (Å²) in [5.41, 5.74) is 0.233. The Labute approximate surface area is 67.8 Å². The van der Waals surface area contributed by atoms with Crippen molar-refractivity contribution in [1.82, 2.24) is 0 Å². The van der Waals surface area contributed by atoms with Crippen molar-refractivity contribution in [3.05, 3.63) is 36.5 Å². The molecule has 65 valence electrons. The molecule has 0 spiro atoms. The molecule has 1 rings (SSSR count). The largest absolute Gasteiger partial charge is 0.434 e. The first-order chi connectivity index (χ1) is 5.59. The van der Waals surface area contributed by atoms with Crippen LogP contribution < -0.4 is 4.74 Å². The van der Waals surface area contributed by atoms with Crippen molar-refractivity contribution in [3.63, 3.8) is 0 Å². The van der Waals surface area contributed by atoms with Gasteiger partial charge in [0.05, 0.1) is 0 Å². The van der Waals surface area contributed by atoms with Gasteiger partial charge in [0.2, 0.25) is 0 Å². The van der Waals surface area contributed by atoms with E-state index in [9.17, 15) is 13.2 Å². The molecule has 0 fully saturated rings. The second-order valence-corrected chi connectivity index (χ2v) is 2.13. The summed E-state index contributed by atoms with van der Waals surface area (Å²) in [6.07, 6.45) is 0. The molecule has 1 aromatic carbocycles. The Morgan fingerprint density at radius 2 is 2.00 bits per heavy atom. The summed E-state index contributed by atoms with van der Waals surface area (Å²) >= 11 is 0. The molecule has 0 saturated heterocycles. The number of hydrogen-bond donors (Lipinski definition) is 0. The van der Waals surface area contributed by atoms with Crippen molar-refractivity contribution in [1.29, 1.82) is 0 Å². The fraction of sp³-hybridized carbons (Fsp3) is 0.125. The minimum absolute atomic E-state index is 0.231. The smallest absolute Gasteiger partial charge is 0.387 e. The third kappa shape index (κ3) is 2.15. The minimum Gasteiger partial charge on any atom is -0.434 e. The van der Waals surface area contributed by atoms with Crippen LogP contribution in [0.1, 0.15) is 5.56 Å².